The van der Waals surface area contributed by atoms with Crippen LogP contribution in [0, 0.1) is 0 Å². The lowest BCUT2D eigenvalue weighted by Gasteiger charge is -2.37. The molecule has 6 nitrogen and oxygen atoms in total. The SMILES string of the molecule is Cn1cc(CC(N)C2CN3CCCC3CO2)nn1. The molecule has 18 heavy (non-hydrogen) atoms. The van der Waals surface area contributed by atoms with Crippen LogP contribution in [0.15, 0.2) is 6.20 Å². The van der Waals surface area contributed by atoms with Gasteiger partial charge in [-0.05, 0) is 19.4 Å². The fourth-order valence-electron chi connectivity index (χ4n) is 2.96. The van der Waals surface area contributed by atoms with Crippen LogP contribution in [-0.4, -0.2) is 57.8 Å². The molecule has 2 fully saturated rings. The zero-order valence-corrected chi connectivity index (χ0v) is 10.8. The topological polar surface area (TPSA) is 69.2 Å². The summed E-state index contributed by atoms with van der Waals surface area (Å²) in [6.45, 7) is 2.99. The molecule has 0 saturated carbocycles. The first-order valence-electron chi connectivity index (χ1n) is 6.69. The van der Waals surface area contributed by atoms with Crippen LogP contribution in [0.4, 0.5) is 0 Å². The highest BCUT2D eigenvalue weighted by Crippen LogP contribution is 2.23. The van der Waals surface area contributed by atoms with E-state index in [0.717, 1.165) is 25.3 Å². The van der Waals surface area contributed by atoms with Crippen molar-refractivity contribution >= 4 is 0 Å². The molecule has 3 unspecified atom stereocenters. The van der Waals surface area contributed by atoms with Gasteiger partial charge in [0, 0.05) is 38.3 Å². The third kappa shape index (κ3) is 2.41. The van der Waals surface area contributed by atoms with Crippen LogP contribution in [0.2, 0.25) is 0 Å². The average molecular weight is 251 g/mol. The van der Waals surface area contributed by atoms with Gasteiger partial charge in [-0.2, -0.15) is 0 Å². The first kappa shape index (κ1) is 12.1. The Labute approximate surface area is 107 Å². The Morgan fingerprint density at radius 1 is 1.61 bits per heavy atom. The third-order valence-corrected chi connectivity index (χ3v) is 3.99. The van der Waals surface area contributed by atoms with Gasteiger partial charge in [0.05, 0.1) is 18.4 Å². The first-order chi connectivity index (χ1) is 8.72. The van der Waals surface area contributed by atoms with Crippen molar-refractivity contribution in [2.45, 2.75) is 37.5 Å². The smallest absolute Gasteiger partial charge is 0.0857 e. The second kappa shape index (κ2) is 4.95. The maximum absolute atomic E-state index is 6.24. The summed E-state index contributed by atoms with van der Waals surface area (Å²) in [4.78, 5) is 2.52. The van der Waals surface area contributed by atoms with Crippen LogP contribution in [0.5, 0.6) is 0 Å². The molecular weight excluding hydrogens is 230 g/mol. The van der Waals surface area contributed by atoms with E-state index in [4.69, 9.17) is 10.5 Å². The standard InChI is InChI=1S/C12H21N5O/c1-16-6-9(14-15-16)5-11(13)12-7-17-4-2-3-10(17)8-18-12/h6,10-12H,2-5,7-8,13H2,1H3. The van der Waals surface area contributed by atoms with Gasteiger partial charge in [0.15, 0.2) is 0 Å². The van der Waals surface area contributed by atoms with Crippen molar-refractivity contribution in [3.63, 3.8) is 0 Å². The summed E-state index contributed by atoms with van der Waals surface area (Å²) >= 11 is 0. The van der Waals surface area contributed by atoms with Crippen LogP contribution < -0.4 is 5.73 Å². The Kier molecular flexibility index (Phi) is 3.32. The number of fused-ring (bicyclic) bond motifs is 1. The molecule has 2 saturated heterocycles. The molecule has 2 aliphatic heterocycles. The molecule has 3 rings (SSSR count). The summed E-state index contributed by atoms with van der Waals surface area (Å²) in [5, 5.41) is 8.01. The lowest BCUT2D eigenvalue weighted by atomic mass is 10.0. The van der Waals surface area contributed by atoms with E-state index in [-0.39, 0.29) is 12.1 Å². The summed E-state index contributed by atoms with van der Waals surface area (Å²) in [5.41, 5.74) is 7.19. The van der Waals surface area contributed by atoms with Gasteiger partial charge in [0.1, 0.15) is 0 Å². The zero-order chi connectivity index (χ0) is 12.5. The van der Waals surface area contributed by atoms with Crippen LogP contribution in [0.1, 0.15) is 18.5 Å². The third-order valence-electron chi connectivity index (χ3n) is 3.99. The van der Waals surface area contributed by atoms with Gasteiger partial charge in [-0.1, -0.05) is 5.21 Å². The van der Waals surface area contributed by atoms with Gasteiger partial charge < -0.3 is 10.5 Å². The van der Waals surface area contributed by atoms with E-state index in [1.165, 1.54) is 19.4 Å². The molecule has 0 aliphatic carbocycles. The molecule has 6 heteroatoms. The Balaban J connectivity index is 1.57. The van der Waals surface area contributed by atoms with E-state index in [0.29, 0.717) is 6.04 Å². The van der Waals surface area contributed by atoms with Crippen molar-refractivity contribution in [3.05, 3.63) is 11.9 Å². The number of hydrogen-bond acceptors (Lipinski definition) is 5. The summed E-state index contributed by atoms with van der Waals surface area (Å²) in [6, 6.07) is 0.633. The van der Waals surface area contributed by atoms with E-state index in [2.05, 4.69) is 15.2 Å². The van der Waals surface area contributed by atoms with Crippen molar-refractivity contribution in [2.24, 2.45) is 12.8 Å². The van der Waals surface area contributed by atoms with E-state index in [1.54, 1.807) is 4.68 Å². The minimum atomic E-state index is 0.00301. The second-order valence-corrected chi connectivity index (χ2v) is 5.41. The lowest BCUT2D eigenvalue weighted by Crippen LogP contribution is -2.53. The maximum atomic E-state index is 6.24. The van der Waals surface area contributed by atoms with Gasteiger partial charge >= 0.3 is 0 Å². The number of nitrogens with two attached hydrogens (primary N) is 1. The van der Waals surface area contributed by atoms with Crippen LogP contribution in [0.25, 0.3) is 0 Å². The highest BCUT2D eigenvalue weighted by atomic mass is 16.5. The molecule has 0 spiro atoms. The lowest BCUT2D eigenvalue weighted by molar-refractivity contribution is -0.0590. The molecule has 0 bridgehead atoms. The number of morpholine rings is 1. The van der Waals surface area contributed by atoms with Gasteiger partial charge in [-0.25, -0.2) is 0 Å². The largest absolute Gasteiger partial charge is 0.374 e. The number of aryl methyl sites for hydroxylation is 1. The molecule has 0 aromatic carbocycles. The minimum absolute atomic E-state index is 0.00301. The zero-order valence-electron chi connectivity index (χ0n) is 10.8. The Hall–Kier alpha value is -0.980. The summed E-state index contributed by atoms with van der Waals surface area (Å²) in [6.07, 6.45) is 5.34. The molecular formula is C12H21N5O. The monoisotopic (exact) mass is 251 g/mol. The summed E-state index contributed by atoms with van der Waals surface area (Å²) in [5.74, 6) is 0. The van der Waals surface area contributed by atoms with Gasteiger partial charge in [0.2, 0.25) is 0 Å². The molecule has 0 radical (unpaired) electrons. The van der Waals surface area contributed by atoms with E-state index in [9.17, 15) is 0 Å². The molecule has 100 valence electrons. The molecule has 2 N–H and O–H groups in total. The van der Waals surface area contributed by atoms with Crippen LogP contribution >= 0.6 is 0 Å². The summed E-state index contributed by atoms with van der Waals surface area (Å²) in [7, 11) is 1.87. The van der Waals surface area contributed by atoms with Crippen molar-refractivity contribution in [1.29, 1.82) is 0 Å². The normalized spacial score (nSPS) is 30.3. The van der Waals surface area contributed by atoms with Gasteiger partial charge in [-0.15, -0.1) is 5.10 Å². The van der Waals surface area contributed by atoms with E-state index >= 15 is 0 Å². The predicted octanol–water partition coefficient (Wildman–Crippen LogP) is -0.452. The number of aromatic nitrogens is 3. The molecule has 3 heterocycles. The molecule has 3 atom stereocenters. The predicted molar refractivity (Wildman–Crippen MR) is 67.0 cm³/mol. The van der Waals surface area contributed by atoms with Crippen molar-refractivity contribution in [1.82, 2.24) is 19.9 Å². The molecule has 1 aromatic rings. The van der Waals surface area contributed by atoms with Gasteiger partial charge in [-0.3, -0.25) is 9.58 Å². The highest BCUT2D eigenvalue weighted by Gasteiger charge is 2.34. The molecule has 0 amide bonds. The second-order valence-electron chi connectivity index (χ2n) is 5.41. The highest BCUT2D eigenvalue weighted by molar-refractivity contribution is 4.99. The first-order valence-corrected chi connectivity index (χ1v) is 6.69. The van der Waals surface area contributed by atoms with Crippen molar-refractivity contribution in [3.8, 4) is 0 Å². The Morgan fingerprint density at radius 3 is 3.28 bits per heavy atom. The number of rotatable bonds is 3. The quantitative estimate of drug-likeness (QED) is 0.788. The van der Waals surface area contributed by atoms with E-state index < -0.39 is 0 Å². The van der Waals surface area contributed by atoms with Crippen molar-refractivity contribution < 1.29 is 4.74 Å². The van der Waals surface area contributed by atoms with Gasteiger partial charge in [0.25, 0.3) is 0 Å². The number of hydrogen-bond donors (Lipinski definition) is 1. The average Bonchev–Trinajstić information content (AvgIpc) is 2.96. The maximum Gasteiger partial charge on any atom is 0.0857 e. The van der Waals surface area contributed by atoms with Crippen molar-refractivity contribution in [2.75, 3.05) is 19.7 Å². The number of nitrogens with zero attached hydrogens (tertiary/aromatic N) is 4. The van der Waals surface area contributed by atoms with Crippen LogP contribution in [0.3, 0.4) is 0 Å². The minimum Gasteiger partial charge on any atom is -0.374 e. The fourth-order valence-corrected chi connectivity index (χ4v) is 2.96. The van der Waals surface area contributed by atoms with E-state index in [1.807, 2.05) is 13.2 Å². The molecule has 1 aromatic heterocycles. The Morgan fingerprint density at radius 2 is 2.50 bits per heavy atom. The summed E-state index contributed by atoms with van der Waals surface area (Å²) < 4.78 is 7.62. The molecule has 2 aliphatic rings. The Bertz CT molecular complexity index is 407. The number of ether oxygens (including phenoxy) is 1. The fraction of sp³-hybridized carbons (Fsp3) is 0.833. The van der Waals surface area contributed by atoms with Crippen LogP contribution in [-0.2, 0) is 18.2 Å².